The maximum Gasteiger partial charge on any atom is 0.0992 e. The average Bonchev–Trinajstić information content (AvgIpc) is 2.40. The first-order valence-electron chi connectivity index (χ1n) is 6.07. The molecule has 1 atom stereocenters. The van der Waals surface area contributed by atoms with Crippen LogP contribution in [-0.4, -0.2) is 26.8 Å². The summed E-state index contributed by atoms with van der Waals surface area (Å²) >= 11 is 0. The molecule has 1 saturated heterocycles. The van der Waals surface area contributed by atoms with Crippen LogP contribution < -0.4 is 4.90 Å². The third-order valence-corrected chi connectivity index (χ3v) is 3.26. The van der Waals surface area contributed by atoms with Crippen LogP contribution in [0.15, 0.2) is 24.3 Å². The predicted molar refractivity (Wildman–Crippen MR) is 68.0 cm³/mol. The minimum absolute atomic E-state index is 0.611. The second-order valence-corrected chi connectivity index (χ2v) is 4.57. The van der Waals surface area contributed by atoms with Crippen LogP contribution in [0.1, 0.15) is 18.4 Å². The molecular formula is C14H18N2O. The highest BCUT2D eigenvalue weighted by atomic mass is 16.5. The number of benzene rings is 1. The van der Waals surface area contributed by atoms with E-state index in [9.17, 15) is 0 Å². The first-order valence-corrected chi connectivity index (χ1v) is 6.07. The molecule has 0 aliphatic carbocycles. The monoisotopic (exact) mass is 230 g/mol. The van der Waals surface area contributed by atoms with Crippen LogP contribution in [0.2, 0.25) is 0 Å². The van der Waals surface area contributed by atoms with Gasteiger partial charge < -0.3 is 9.64 Å². The maximum atomic E-state index is 8.91. The van der Waals surface area contributed by atoms with Gasteiger partial charge in [0.15, 0.2) is 0 Å². The highest BCUT2D eigenvalue weighted by Crippen LogP contribution is 2.23. The number of piperidine rings is 1. The molecule has 0 saturated carbocycles. The van der Waals surface area contributed by atoms with Crippen LogP contribution in [0.4, 0.5) is 5.69 Å². The Hall–Kier alpha value is -1.53. The van der Waals surface area contributed by atoms with Gasteiger partial charge in [0.1, 0.15) is 0 Å². The zero-order valence-corrected chi connectivity index (χ0v) is 10.2. The number of hydrogen-bond acceptors (Lipinski definition) is 3. The molecule has 0 spiro atoms. The summed E-state index contributed by atoms with van der Waals surface area (Å²) in [5.41, 5.74) is 1.89. The Kier molecular flexibility index (Phi) is 4.00. The van der Waals surface area contributed by atoms with Crippen molar-refractivity contribution in [3.8, 4) is 6.07 Å². The molecule has 1 unspecified atom stereocenters. The summed E-state index contributed by atoms with van der Waals surface area (Å²) in [6.07, 6.45) is 2.44. The lowest BCUT2D eigenvalue weighted by Gasteiger charge is -2.34. The fraction of sp³-hybridized carbons (Fsp3) is 0.500. The van der Waals surface area contributed by atoms with Crippen molar-refractivity contribution >= 4 is 5.69 Å². The summed E-state index contributed by atoms with van der Waals surface area (Å²) in [7, 11) is 1.76. The summed E-state index contributed by atoms with van der Waals surface area (Å²) in [4.78, 5) is 2.36. The Morgan fingerprint density at radius 2 is 2.41 bits per heavy atom. The lowest BCUT2D eigenvalue weighted by Crippen LogP contribution is -2.37. The van der Waals surface area contributed by atoms with Crippen LogP contribution in [0.25, 0.3) is 0 Å². The van der Waals surface area contributed by atoms with E-state index in [-0.39, 0.29) is 0 Å². The van der Waals surface area contributed by atoms with Crippen molar-refractivity contribution < 1.29 is 4.74 Å². The van der Waals surface area contributed by atoms with E-state index in [1.807, 2.05) is 18.2 Å². The number of ether oxygens (including phenoxy) is 1. The first kappa shape index (κ1) is 11.9. The third-order valence-electron chi connectivity index (χ3n) is 3.26. The van der Waals surface area contributed by atoms with E-state index in [1.165, 1.54) is 12.8 Å². The Morgan fingerprint density at radius 1 is 1.53 bits per heavy atom. The van der Waals surface area contributed by atoms with Gasteiger partial charge in [-0.1, -0.05) is 6.07 Å². The van der Waals surface area contributed by atoms with Gasteiger partial charge in [0.2, 0.25) is 0 Å². The van der Waals surface area contributed by atoms with Crippen LogP contribution in [0.5, 0.6) is 0 Å². The molecule has 1 aromatic carbocycles. The van der Waals surface area contributed by atoms with E-state index in [2.05, 4.69) is 17.0 Å². The van der Waals surface area contributed by atoms with Gasteiger partial charge in [0, 0.05) is 25.9 Å². The third kappa shape index (κ3) is 2.98. The summed E-state index contributed by atoms with van der Waals surface area (Å²) < 4.78 is 5.23. The van der Waals surface area contributed by atoms with Crippen molar-refractivity contribution in [2.75, 3.05) is 31.7 Å². The number of rotatable bonds is 3. The van der Waals surface area contributed by atoms with E-state index < -0.39 is 0 Å². The fourth-order valence-corrected chi connectivity index (χ4v) is 2.44. The Balaban J connectivity index is 2.08. The molecule has 3 heteroatoms. The molecule has 1 aliphatic rings. The van der Waals surface area contributed by atoms with Crippen molar-refractivity contribution in [2.24, 2.45) is 5.92 Å². The summed E-state index contributed by atoms with van der Waals surface area (Å²) in [6.45, 7) is 2.94. The van der Waals surface area contributed by atoms with Gasteiger partial charge in [-0.2, -0.15) is 5.26 Å². The number of anilines is 1. The van der Waals surface area contributed by atoms with E-state index >= 15 is 0 Å². The van der Waals surface area contributed by atoms with Gasteiger partial charge in [-0.05, 0) is 37.0 Å². The minimum atomic E-state index is 0.611. The molecule has 17 heavy (non-hydrogen) atoms. The SMILES string of the molecule is COCC1CCCN(c2cccc(C#N)c2)C1. The van der Waals surface area contributed by atoms with Crippen LogP contribution in [0.3, 0.4) is 0 Å². The summed E-state index contributed by atoms with van der Waals surface area (Å²) in [5.74, 6) is 0.611. The van der Waals surface area contributed by atoms with Crippen molar-refractivity contribution in [3.63, 3.8) is 0 Å². The molecule has 0 bridgehead atoms. The van der Waals surface area contributed by atoms with Gasteiger partial charge in [-0.25, -0.2) is 0 Å². The fourth-order valence-electron chi connectivity index (χ4n) is 2.44. The van der Waals surface area contributed by atoms with Gasteiger partial charge in [-0.15, -0.1) is 0 Å². The molecule has 0 amide bonds. The van der Waals surface area contributed by atoms with Crippen LogP contribution in [-0.2, 0) is 4.74 Å². The molecule has 90 valence electrons. The average molecular weight is 230 g/mol. The molecule has 1 fully saturated rings. The Labute approximate surface area is 103 Å². The van der Waals surface area contributed by atoms with E-state index in [0.29, 0.717) is 5.92 Å². The second-order valence-electron chi connectivity index (χ2n) is 4.57. The maximum absolute atomic E-state index is 8.91. The van der Waals surface area contributed by atoms with Gasteiger partial charge in [-0.3, -0.25) is 0 Å². The van der Waals surface area contributed by atoms with E-state index in [1.54, 1.807) is 7.11 Å². The normalized spacial score (nSPS) is 20.0. The number of nitriles is 1. The van der Waals surface area contributed by atoms with Crippen molar-refractivity contribution in [1.82, 2.24) is 0 Å². The first-order chi connectivity index (χ1) is 8.33. The Bertz CT molecular complexity index is 409. The molecule has 3 nitrogen and oxygen atoms in total. The van der Waals surface area contributed by atoms with Crippen molar-refractivity contribution in [1.29, 1.82) is 5.26 Å². The molecule has 0 aromatic heterocycles. The zero-order chi connectivity index (χ0) is 12.1. The summed E-state index contributed by atoms with van der Waals surface area (Å²) in [6, 6.07) is 10.0. The van der Waals surface area contributed by atoms with E-state index in [0.717, 1.165) is 30.9 Å². The number of methoxy groups -OCH3 is 1. The highest BCUT2D eigenvalue weighted by molar-refractivity contribution is 5.51. The lowest BCUT2D eigenvalue weighted by molar-refractivity contribution is 0.143. The van der Waals surface area contributed by atoms with Crippen LogP contribution in [0, 0.1) is 17.2 Å². The van der Waals surface area contributed by atoms with Crippen molar-refractivity contribution in [3.05, 3.63) is 29.8 Å². The van der Waals surface area contributed by atoms with Gasteiger partial charge in [0.25, 0.3) is 0 Å². The van der Waals surface area contributed by atoms with Gasteiger partial charge in [0.05, 0.1) is 18.2 Å². The van der Waals surface area contributed by atoms with Gasteiger partial charge >= 0.3 is 0 Å². The molecule has 1 heterocycles. The van der Waals surface area contributed by atoms with Crippen LogP contribution >= 0.6 is 0 Å². The quantitative estimate of drug-likeness (QED) is 0.800. The smallest absolute Gasteiger partial charge is 0.0992 e. The number of nitrogens with zero attached hydrogens (tertiary/aromatic N) is 2. The standard InChI is InChI=1S/C14H18N2O/c1-17-11-13-5-3-7-16(10-13)14-6-2-4-12(8-14)9-15/h2,4,6,8,13H,3,5,7,10-11H2,1H3. The predicted octanol–water partition coefficient (Wildman–Crippen LogP) is 2.42. The molecule has 1 aliphatic heterocycles. The van der Waals surface area contributed by atoms with Crippen molar-refractivity contribution in [2.45, 2.75) is 12.8 Å². The molecule has 0 N–H and O–H groups in total. The molecule has 2 rings (SSSR count). The molecule has 1 aromatic rings. The molecule has 0 radical (unpaired) electrons. The minimum Gasteiger partial charge on any atom is -0.384 e. The van der Waals surface area contributed by atoms with E-state index in [4.69, 9.17) is 10.00 Å². The molecular weight excluding hydrogens is 212 g/mol. The Morgan fingerprint density at radius 3 is 3.18 bits per heavy atom. The summed E-state index contributed by atoms with van der Waals surface area (Å²) in [5, 5.41) is 8.91. The topological polar surface area (TPSA) is 36.3 Å². The highest BCUT2D eigenvalue weighted by Gasteiger charge is 2.19. The second kappa shape index (κ2) is 5.70. The zero-order valence-electron chi connectivity index (χ0n) is 10.2. The number of hydrogen-bond donors (Lipinski definition) is 0. The lowest BCUT2D eigenvalue weighted by atomic mass is 9.98. The largest absolute Gasteiger partial charge is 0.384 e.